The summed E-state index contributed by atoms with van der Waals surface area (Å²) >= 11 is 0. The van der Waals surface area contributed by atoms with Gasteiger partial charge in [-0.2, -0.15) is 0 Å². The average molecular weight is 412 g/mol. The van der Waals surface area contributed by atoms with Gasteiger partial charge in [0.1, 0.15) is 12.4 Å². The third-order valence-electron chi connectivity index (χ3n) is 5.79. The molecule has 5 rings (SSSR count). The molecule has 2 aliphatic rings. The normalized spacial score (nSPS) is 16.5. The van der Waals surface area contributed by atoms with Crippen LogP contribution in [0.25, 0.3) is 11.1 Å². The number of aromatic nitrogens is 1. The largest absolute Gasteiger partial charge is 0.492 e. The molecule has 5 heteroatoms. The summed E-state index contributed by atoms with van der Waals surface area (Å²) in [5, 5.41) is 0. The topological polar surface area (TPSA) is 51.7 Å². The van der Waals surface area contributed by atoms with Gasteiger partial charge in [-0.1, -0.05) is 30.3 Å². The van der Waals surface area contributed by atoms with Crippen LogP contribution in [-0.2, 0) is 4.74 Å². The molecule has 0 N–H and O–H groups in total. The predicted molar refractivity (Wildman–Crippen MR) is 120 cm³/mol. The van der Waals surface area contributed by atoms with Crippen molar-refractivity contribution in [1.82, 2.24) is 9.88 Å². The Balaban J connectivity index is 1.44. The first-order chi connectivity index (χ1) is 15.3. The molecule has 1 saturated heterocycles. The van der Waals surface area contributed by atoms with Crippen LogP contribution in [0.15, 0.2) is 73.1 Å². The first kappa shape index (κ1) is 19.7. The molecule has 0 saturated carbocycles. The zero-order valence-electron chi connectivity index (χ0n) is 17.3. The Labute approximate surface area is 181 Å². The highest BCUT2D eigenvalue weighted by Crippen LogP contribution is 2.43. The number of carbonyl (C=O) groups is 1. The first-order valence-electron chi connectivity index (χ1n) is 10.6. The van der Waals surface area contributed by atoms with Crippen molar-refractivity contribution in [2.45, 2.75) is 0 Å². The Hall–Kier alpha value is -3.28. The fourth-order valence-electron chi connectivity index (χ4n) is 4.22. The summed E-state index contributed by atoms with van der Waals surface area (Å²) in [5.74, 6) is 0.752. The molecule has 0 bridgehead atoms. The number of benzene rings is 2. The van der Waals surface area contributed by atoms with E-state index in [1.807, 2.05) is 60.7 Å². The molecule has 0 atom stereocenters. The number of fused-ring (bicyclic) bond motifs is 1. The summed E-state index contributed by atoms with van der Waals surface area (Å²) in [6, 6.07) is 19.7. The fourth-order valence-corrected chi connectivity index (χ4v) is 4.22. The van der Waals surface area contributed by atoms with Gasteiger partial charge in [0.2, 0.25) is 0 Å². The van der Waals surface area contributed by atoms with Gasteiger partial charge in [-0.05, 0) is 47.0 Å². The molecule has 1 aromatic heterocycles. The number of hydrogen-bond donors (Lipinski definition) is 0. The molecule has 0 radical (unpaired) electrons. The second-order valence-corrected chi connectivity index (χ2v) is 7.69. The van der Waals surface area contributed by atoms with Crippen molar-refractivity contribution < 1.29 is 14.3 Å². The van der Waals surface area contributed by atoms with Crippen molar-refractivity contribution in [3.63, 3.8) is 0 Å². The zero-order valence-corrected chi connectivity index (χ0v) is 17.3. The van der Waals surface area contributed by atoms with Gasteiger partial charge in [0.15, 0.2) is 5.78 Å². The van der Waals surface area contributed by atoms with Crippen molar-refractivity contribution in [3.05, 3.63) is 95.3 Å². The van der Waals surface area contributed by atoms with Crippen LogP contribution in [0.1, 0.15) is 27.0 Å². The average Bonchev–Trinajstić information content (AvgIpc) is 3.13. The Morgan fingerprint density at radius 3 is 2.39 bits per heavy atom. The van der Waals surface area contributed by atoms with Crippen LogP contribution in [0, 0.1) is 0 Å². The van der Waals surface area contributed by atoms with Gasteiger partial charge in [-0.15, -0.1) is 0 Å². The van der Waals surface area contributed by atoms with Crippen molar-refractivity contribution in [2.24, 2.45) is 0 Å². The van der Waals surface area contributed by atoms with Gasteiger partial charge in [0.25, 0.3) is 0 Å². The number of carbonyl (C=O) groups excluding carboxylic acids is 1. The van der Waals surface area contributed by atoms with Crippen LogP contribution in [0.3, 0.4) is 0 Å². The van der Waals surface area contributed by atoms with Crippen molar-refractivity contribution in [3.8, 4) is 5.75 Å². The molecule has 0 amide bonds. The standard InChI is InChI=1S/C26H24N2O3/c29-26-23-18-21(31-17-14-28-12-15-30-16-13-28)6-7-22(23)24(19-4-2-1-3-5-19)25(26)20-8-10-27-11-9-20/h1-11,18H,12-17H2. The molecule has 1 aliphatic heterocycles. The Bertz CT molecular complexity index is 1100. The van der Waals surface area contributed by atoms with E-state index in [4.69, 9.17) is 9.47 Å². The molecular formula is C26H24N2O3. The fraction of sp³-hybridized carbons (Fsp3) is 0.231. The minimum Gasteiger partial charge on any atom is -0.492 e. The van der Waals surface area contributed by atoms with E-state index in [0.29, 0.717) is 17.7 Å². The third kappa shape index (κ3) is 4.02. The lowest BCUT2D eigenvalue weighted by molar-refractivity contribution is 0.0322. The highest BCUT2D eigenvalue weighted by Gasteiger charge is 2.31. The second-order valence-electron chi connectivity index (χ2n) is 7.69. The lowest BCUT2D eigenvalue weighted by Gasteiger charge is -2.26. The molecule has 2 aromatic carbocycles. The van der Waals surface area contributed by atoms with E-state index in [0.717, 1.165) is 60.9 Å². The molecule has 31 heavy (non-hydrogen) atoms. The number of morpholine rings is 1. The second kappa shape index (κ2) is 8.84. The zero-order chi connectivity index (χ0) is 21.0. The maximum absolute atomic E-state index is 13.5. The van der Waals surface area contributed by atoms with Gasteiger partial charge < -0.3 is 9.47 Å². The van der Waals surface area contributed by atoms with Gasteiger partial charge in [0, 0.05) is 48.7 Å². The highest BCUT2D eigenvalue weighted by molar-refractivity contribution is 6.41. The number of rotatable bonds is 6. The SMILES string of the molecule is O=C1C(c2ccncc2)=C(c2ccccc2)c2ccc(OCCN3CCOCC3)cc21. The van der Waals surface area contributed by atoms with Crippen LogP contribution in [0.4, 0.5) is 0 Å². The molecule has 156 valence electrons. The Kier molecular flexibility index (Phi) is 5.61. The predicted octanol–water partition coefficient (Wildman–Crippen LogP) is 3.95. The highest BCUT2D eigenvalue weighted by atomic mass is 16.5. The lowest BCUT2D eigenvalue weighted by atomic mass is 9.95. The maximum atomic E-state index is 13.5. The van der Waals surface area contributed by atoms with Crippen LogP contribution in [0.5, 0.6) is 5.75 Å². The maximum Gasteiger partial charge on any atom is 0.195 e. The monoisotopic (exact) mass is 412 g/mol. The van der Waals surface area contributed by atoms with Gasteiger partial charge in [-0.25, -0.2) is 0 Å². The smallest absolute Gasteiger partial charge is 0.195 e. The number of nitrogens with zero attached hydrogens (tertiary/aromatic N) is 2. The van der Waals surface area contributed by atoms with E-state index in [1.165, 1.54) is 0 Å². The number of ether oxygens (including phenoxy) is 2. The van der Waals surface area contributed by atoms with E-state index in [-0.39, 0.29) is 5.78 Å². The van der Waals surface area contributed by atoms with Crippen molar-refractivity contribution in [2.75, 3.05) is 39.5 Å². The van der Waals surface area contributed by atoms with Crippen LogP contribution < -0.4 is 4.74 Å². The molecule has 3 aromatic rings. The number of Topliss-reactive ketones (excluding diaryl/α,β-unsaturated/α-hetero) is 1. The minimum absolute atomic E-state index is 0.0266. The Morgan fingerprint density at radius 2 is 1.61 bits per heavy atom. The Morgan fingerprint density at radius 1 is 0.871 bits per heavy atom. The quantitative estimate of drug-likeness (QED) is 0.614. The summed E-state index contributed by atoms with van der Waals surface area (Å²) in [5.41, 5.74) is 5.23. The summed E-state index contributed by atoms with van der Waals surface area (Å²) in [7, 11) is 0. The van der Waals surface area contributed by atoms with E-state index in [2.05, 4.69) is 9.88 Å². The van der Waals surface area contributed by atoms with E-state index < -0.39 is 0 Å². The van der Waals surface area contributed by atoms with Crippen molar-refractivity contribution in [1.29, 1.82) is 0 Å². The molecule has 0 unspecified atom stereocenters. The number of allylic oxidation sites excluding steroid dienone is 1. The molecule has 1 fully saturated rings. The van der Waals surface area contributed by atoms with E-state index >= 15 is 0 Å². The minimum atomic E-state index is 0.0266. The molecule has 5 nitrogen and oxygen atoms in total. The van der Waals surface area contributed by atoms with Crippen molar-refractivity contribution >= 4 is 16.9 Å². The number of ketones is 1. The van der Waals surface area contributed by atoms with E-state index in [1.54, 1.807) is 12.4 Å². The van der Waals surface area contributed by atoms with Gasteiger partial charge >= 0.3 is 0 Å². The molecular weight excluding hydrogens is 388 g/mol. The summed E-state index contributed by atoms with van der Waals surface area (Å²) in [6.45, 7) is 4.86. The third-order valence-corrected chi connectivity index (χ3v) is 5.79. The van der Waals surface area contributed by atoms with Gasteiger partial charge in [0.05, 0.1) is 13.2 Å². The van der Waals surface area contributed by atoms with Crippen LogP contribution in [0.2, 0.25) is 0 Å². The van der Waals surface area contributed by atoms with Crippen LogP contribution in [-0.4, -0.2) is 55.1 Å². The molecule has 0 spiro atoms. The summed E-state index contributed by atoms with van der Waals surface area (Å²) < 4.78 is 11.4. The molecule has 1 aliphatic carbocycles. The van der Waals surface area contributed by atoms with Crippen LogP contribution >= 0.6 is 0 Å². The summed E-state index contributed by atoms with van der Waals surface area (Å²) in [4.78, 5) is 19.9. The number of hydrogen-bond acceptors (Lipinski definition) is 5. The lowest BCUT2D eigenvalue weighted by Crippen LogP contribution is -2.38. The van der Waals surface area contributed by atoms with E-state index in [9.17, 15) is 4.79 Å². The molecule has 2 heterocycles. The summed E-state index contributed by atoms with van der Waals surface area (Å²) in [6.07, 6.45) is 3.45. The first-order valence-corrected chi connectivity index (χ1v) is 10.6. The number of pyridine rings is 1. The van der Waals surface area contributed by atoms with Gasteiger partial charge in [-0.3, -0.25) is 14.7 Å².